The van der Waals surface area contributed by atoms with Crippen molar-refractivity contribution < 1.29 is 4.74 Å². The van der Waals surface area contributed by atoms with E-state index in [4.69, 9.17) is 27.9 Å². The van der Waals surface area contributed by atoms with Crippen molar-refractivity contribution in [3.05, 3.63) is 29.0 Å². The molecule has 2 nitrogen and oxygen atoms in total. The molecule has 0 radical (unpaired) electrons. The summed E-state index contributed by atoms with van der Waals surface area (Å²) in [4.78, 5) is 3.95. The molecule has 2 rings (SSSR count). The summed E-state index contributed by atoms with van der Waals surface area (Å²) in [7, 11) is 0. The van der Waals surface area contributed by atoms with Crippen molar-refractivity contribution in [1.29, 1.82) is 0 Å². The van der Waals surface area contributed by atoms with E-state index in [1.165, 1.54) is 0 Å². The fraction of sp³-hybridized carbons (Fsp3) is 0.545. The Hall–Kier alpha value is -0.310. The van der Waals surface area contributed by atoms with Crippen LogP contribution in [0.1, 0.15) is 12.0 Å². The van der Waals surface area contributed by atoms with Gasteiger partial charge in [-0.3, -0.25) is 4.98 Å². The molecule has 0 amide bonds. The maximum absolute atomic E-state index is 6.33. The smallest absolute Gasteiger partial charge is 0.0621 e. The maximum atomic E-state index is 6.33. The molecule has 1 aromatic rings. The first-order chi connectivity index (χ1) is 7.27. The van der Waals surface area contributed by atoms with Crippen molar-refractivity contribution in [2.75, 3.05) is 13.2 Å². The van der Waals surface area contributed by atoms with Gasteiger partial charge in [0.1, 0.15) is 0 Å². The van der Waals surface area contributed by atoms with Crippen LogP contribution < -0.4 is 0 Å². The van der Waals surface area contributed by atoms with E-state index in [-0.39, 0.29) is 5.38 Å². The zero-order chi connectivity index (χ0) is 10.7. The Kier molecular flexibility index (Phi) is 3.84. The zero-order valence-corrected chi connectivity index (χ0v) is 9.84. The molecule has 2 unspecified atom stereocenters. The molecule has 15 heavy (non-hydrogen) atoms. The van der Waals surface area contributed by atoms with E-state index in [1.807, 2.05) is 6.07 Å². The third-order valence-electron chi connectivity index (χ3n) is 2.75. The minimum absolute atomic E-state index is 0.104. The normalized spacial score (nSPS) is 22.9. The number of hydrogen-bond acceptors (Lipinski definition) is 2. The van der Waals surface area contributed by atoms with E-state index in [9.17, 15) is 0 Å². The summed E-state index contributed by atoms with van der Waals surface area (Å²) in [5.74, 6) is 0.455. The number of nitrogens with zero attached hydrogens (tertiary/aromatic N) is 1. The summed E-state index contributed by atoms with van der Waals surface area (Å²) in [5, 5.41) is 0.800. The quantitative estimate of drug-likeness (QED) is 0.765. The molecule has 0 bridgehead atoms. The van der Waals surface area contributed by atoms with Crippen LogP contribution in [0, 0.1) is 5.92 Å². The molecular weight excluding hydrogens is 233 g/mol. The van der Waals surface area contributed by atoms with Crippen molar-refractivity contribution in [2.24, 2.45) is 5.92 Å². The lowest BCUT2D eigenvalue weighted by Crippen LogP contribution is -2.17. The lowest BCUT2D eigenvalue weighted by Gasteiger charge is -2.15. The number of halogens is 2. The molecule has 0 aliphatic carbocycles. The van der Waals surface area contributed by atoms with Crippen LogP contribution in [0.3, 0.4) is 0 Å². The molecule has 1 saturated heterocycles. The number of aromatic nitrogens is 1. The maximum Gasteiger partial charge on any atom is 0.0621 e. The highest BCUT2D eigenvalue weighted by Gasteiger charge is 2.24. The molecule has 1 aliphatic rings. The topological polar surface area (TPSA) is 22.1 Å². The van der Waals surface area contributed by atoms with Crippen molar-refractivity contribution in [1.82, 2.24) is 4.98 Å². The van der Waals surface area contributed by atoms with Crippen LogP contribution in [-0.4, -0.2) is 23.6 Å². The Morgan fingerprint density at radius 3 is 3.13 bits per heavy atom. The number of rotatable bonds is 3. The Morgan fingerprint density at radius 1 is 1.60 bits per heavy atom. The molecule has 0 aromatic carbocycles. The van der Waals surface area contributed by atoms with Gasteiger partial charge in [0.25, 0.3) is 0 Å². The van der Waals surface area contributed by atoms with E-state index in [0.29, 0.717) is 10.9 Å². The van der Waals surface area contributed by atoms with Gasteiger partial charge in [-0.2, -0.15) is 0 Å². The first kappa shape index (κ1) is 11.2. The standard InChI is InChI=1S/C11H13Cl2NO/c12-10(9-2-4-15-7-9)5-8-1-3-14-6-11(8)13/h1,3,6,9-10H,2,4-5,7H2. The van der Waals surface area contributed by atoms with E-state index in [0.717, 1.165) is 31.6 Å². The van der Waals surface area contributed by atoms with E-state index >= 15 is 0 Å². The van der Waals surface area contributed by atoms with Gasteiger partial charge in [-0.15, -0.1) is 11.6 Å². The Balaban J connectivity index is 1.99. The third-order valence-corrected chi connectivity index (χ3v) is 3.60. The lowest BCUT2D eigenvalue weighted by molar-refractivity contribution is 0.185. The predicted molar refractivity (Wildman–Crippen MR) is 61.5 cm³/mol. The summed E-state index contributed by atoms with van der Waals surface area (Å²) in [6.07, 6.45) is 5.25. The van der Waals surface area contributed by atoms with E-state index in [2.05, 4.69) is 4.98 Å². The van der Waals surface area contributed by atoms with Gasteiger partial charge >= 0.3 is 0 Å². The van der Waals surface area contributed by atoms with Gasteiger partial charge < -0.3 is 4.74 Å². The van der Waals surface area contributed by atoms with Crippen LogP contribution in [0.4, 0.5) is 0 Å². The summed E-state index contributed by atoms with van der Waals surface area (Å²) < 4.78 is 5.32. The summed E-state index contributed by atoms with van der Waals surface area (Å²) in [5.41, 5.74) is 1.07. The van der Waals surface area contributed by atoms with Gasteiger partial charge in [-0.05, 0) is 24.5 Å². The SMILES string of the molecule is Clc1cnccc1CC(Cl)C1CCOC1. The van der Waals surface area contributed by atoms with Gasteiger partial charge in [-0.25, -0.2) is 0 Å². The molecule has 0 saturated carbocycles. The fourth-order valence-corrected chi connectivity index (χ4v) is 2.35. The molecule has 0 N–H and O–H groups in total. The third kappa shape index (κ3) is 2.83. The number of pyridine rings is 1. The number of alkyl halides is 1. The Labute approximate surface area is 99.6 Å². The second-order valence-electron chi connectivity index (χ2n) is 3.81. The second kappa shape index (κ2) is 5.15. The lowest BCUT2D eigenvalue weighted by atomic mass is 9.99. The first-order valence-electron chi connectivity index (χ1n) is 5.07. The van der Waals surface area contributed by atoms with Gasteiger partial charge in [0.05, 0.1) is 11.6 Å². The molecule has 2 heterocycles. The average molecular weight is 246 g/mol. The molecule has 82 valence electrons. The predicted octanol–water partition coefficient (Wildman–Crippen LogP) is 2.92. The molecule has 1 fully saturated rings. The zero-order valence-electron chi connectivity index (χ0n) is 8.33. The van der Waals surface area contributed by atoms with Crippen LogP contribution in [-0.2, 0) is 11.2 Å². The highest BCUT2D eigenvalue weighted by Crippen LogP contribution is 2.26. The minimum Gasteiger partial charge on any atom is -0.381 e. The van der Waals surface area contributed by atoms with Gasteiger partial charge in [0.2, 0.25) is 0 Å². The summed E-state index contributed by atoms with van der Waals surface area (Å²) in [6, 6.07) is 1.92. The van der Waals surface area contributed by atoms with Crippen molar-refractivity contribution >= 4 is 23.2 Å². The van der Waals surface area contributed by atoms with Crippen molar-refractivity contribution in [3.8, 4) is 0 Å². The first-order valence-corrected chi connectivity index (χ1v) is 5.89. The summed E-state index contributed by atoms with van der Waals surface area (Å²) >= 11 is 12.4. The fourth-order valence-electron chi connectivity index (χ4n) is 1.78. The van der Waals surface area contributed by atoms with E-state index < -0.39 is 0 Å². The van der Waals surface area contributed by atoms with Gasteiger partial charge in [-0.1, -0.05) is 11.6 Å². The Bertz CT molecular complexity index is 326. The van der Waals surface area contributed by atoms with Gasteiger partial charge in [0, 0.05) is 30.3 Å². The summed E-state index contributed by atoms with van der Waals surface area (Å²) in [6.45, 7) is 1.61. The molecule has 1 aliphatic heterocycles. The average Bonchev–Trinajstić information content (AvgIpc) is 2.74. The van der Waals surface area contributed by atoms with Crippen LogP contribution in [0.2, 0.25) is 5.02 Å². The molecule has 1 aromatic heterocycles. The largest absolute Gasteiger partial charge is 0.381 e. The van der Waals surface area contributed by atoms with Crippen molar-refractivity contribution in [2.45, 2.75) is 18.2 Å². The molecule has 4 heteroatoms. The van der Waals surface area contributed by atoms with Crippen LogP contribution in [0.15, 0.2) is 18.5 Å². The number of hydrogen-bond donors (Lipinski definition) is 0. The molecule has 0 spiro atoms. The van der Waals surface area contributed by atoms with Crippen LogP contribution in [0.5, 0.6) is 0 Å². The highest BCUT2D eigenvalue weighted by atomic mass is 35.5. The highest BCUT2D eigenvalue weighted by molar-refractivity contribution is 6.31. The van der Waals surface area contributed by atoms with Gasteiger partial charge in [0.15, 0.2) is 0 Å². The minimum atomic E-state index is 0.104. The number of ether oxygens (including phenoxy) is 1. The Morgan fingerprint density at radius 2 is 2.47 bits per heavy atom. The monoisotopic (exact) mass is 245 g/mol. The van der Waals surface area contributed by atoms with Crippen LogP contribution in [0.25, 0.3) is 0 Å². The van der Waals surface area contributed by atoms with Crippen LogP contribution >= 0.6 is 23.2 Å². The van der Waals surface area contributed by atoms with Crippen molar-refractivity contribution in [3.63, 3.8) is 0 Å². The molecular formula is C11H13Cl2NO. The second-order valence-corrected chi connectivity index (χ2v) is 4.78. The molecule has 2 atom stereocenters. The van der Waals surface area contributed by atoms with E-state index in [1.54, 1.807) is 12.4 Å².